The molecule has 1 aromatic rings. The molecule has 1 aromatic heterocycles. The summed E-state index contributed by atoms with van der Waals surface area (Å²) in [6, 6.07) is 1.49. The van der Waals surface area contributed by atoms with Gasteiger partial charge in [0, 0.05) is 25.7 Å². The number of rotatable bonds is 4. The van der Waals surface area contributed by atoms with E-state index in [2.05, 4.69) is 9.97 Å². The molecule has 2 unspecified atom stereocenters. The zero-order chi connectivity index (χ0) is 18.9. The van der Waals surface area contributed by atoms with Gasteiger partial charge in [0.25, 0.3) is 0 Å². The monoisotopic (exact) mass is 374 g/mol. The first-order chi connectivity index (χ1) is 12.3. The summed E-state index contributed by atoms with van der Waals surface area (Å²) in [7, 11) is 0. The van der Waals surface area contributed by atoms with E-state index in [1.54, 1.807) is 6.07 Å². The number of carboxylic acids is 1. The van der Waals surface area contributed by atoms with Crippen molar-refractivity contribution in [3.8, 4) is 0 Å². The molecule has 0 spiro atoms. The fraction of sp³-hybridized carbons (Fsp3) is 0.688. The predicted octanol–water partition coefficient (Wildman–Crippen LogP) is 1.67. The Labute approximate surface area is 148 Å². The zero-order valence-corrected chi connectivity index (χ0v) is 14.1. The Hall–Kier alpha value is -2.10. The van der Waals surface area contributed by atoms with Gasteiger partial charge in [0.15, 0.2) is 5.41 Å². The normalized spacial score (nSPS) is 27.0. The topological polar surface area (TPSA) is 89.8 Å². The first kappa shape index (κ1) is 18.7. The molecule has 3 rings (SSSR count). The summed E-state index contributed by atoms with van der Waals surface area (Å²) in [5.74, 6) is -1.06. The number of alkyl halides is 3. The van der Waals surface area contributed by atoms with E-state index in [9.17, 15) is 28.2 Å². The molecule has 0 saturated carbocycles. The van der Waals surface area contributed by atoms with Gasteiger partial charge in [-0.3, -0.25) is 4.79 Å². The fourth-order valence-corrected chi connectivity index (χ4v) is 3.69. The average Bonchev–Trinajstić information content (AvgIpc) is 3.09. The lowest BCUT2D eigenvalue weighted by Gasteiger charge is -2.35. The Kier molecular flexibility index (Phi) is 4.96. The highest BCUT2D eigenvalue weighted by Gasteiger charge is 2.63. The molecule has 2 saturated heterocycles. The third-order valence-electron chi connectivity index (χ3n) is 5.32. The van der Waals surface area contributed by atoms with E-state index >= 15 is 0 Å². The largest absolute Gasteiger partial charge is 0.481 e. The number of aliphatic hydroxyl groups excluding tert-OH is 1. The Morgan fingerprint density at radius 1 is 1.27 bits per heavy atom. The van der Waals surface area contributed by atoms with Gasteiger partial charge in [-0.1, -0.05) is 0 Å². The van der Waals surface area contributed by atoms with E-state index in [1.807, 2.05) is 4.90 Å². The summed E-state index contributed by atoms with van der Waals surface area (Å²) in [5.41, 5.74) is -2.78. The van der Waals surface area contributed by atoms with Crippen LogP contribution in [0.25, 0.3) is 0 Å². The van der Waals surface area contributed by atoms with Crippen LogP contribution in [0.3, 0.4) is 0 Å². The molecule has 0 aliphatic carbocycles. The summed E-state index contributed by atoms with van der Waals surface area (Å²) in [4.78, 5) is 22.8. The van der Waals surface area contributed by atoms with Gasteiger partial charge in [-0.05, 0) is 25.7 Å². The number of aliphatic hydroxyl groups is 1. The van der Waals surface area contributed by atoms with E-state index < -0.39 is 30.5 Å². The molecule has 7 nitrogen and oxygen atoms in total. The second-order valence-electron chi connectivity index (χ2n) is 6.82. The van der Waals surface area contributed by atoms with E-state index in [0.717, 1.165) is 19.3 Å². The van der Waals surface area contributed by atoms with Crippen LogP contribution >= 0.6 is 0 Å². The van der Waals surface area contributed by atoms with Crippen LogP contribution in [0, 0.1) is 5.41 Å². The van der Waals surface area contributed by atoms with Crippen LogP contribution in [0.2, 0.25) is 0 Å². The lowest BCUT2D eigenvalue weighted by Crippen LogP contribution is -2.47. The summed E-state index contributed by atoms with van der Waals surface area (Å²) in [6.45, 7) is -0.0556. The Morgan fingerprint density at radius 3 is 2.62 bits per heavy atom. The summed E-state index contributed by atoms with van der Waals surface area (Å²) in [6.07, 6.45) is -1.33. The second-order valence-corrected chi connectivity index (χ2v) is 6.82. The first-order valence-corrected chi connectivity index (χ1v) is 8.53. The Morgan fingerprint density at radius 2 is 2.00 bits per heavy atom. The summed E-state index contributed by atoms with van der Waals surface area (Å²) < 4.78 is 40.0. The van der Waals surface area contributed by atoms with Crippen molar-refractivity contribution >= 4 is 17.6 Å². The molecule has 0 amide bonds. The van der Waals surface area contributed by atoms with Crippen molar-refractivity contribution in [3.63, 3.8) is 0 Å². The molecular weight excluding hydrogens is 353 g/mol. The minimum Gasteiger partial charge on any atom is -0.481 e. The van der Waals surface area contributed by atoms with E-state index in [1.165, 1.54) is 11.2 Å². The van der Waals surface area contributed by atoms with Gasteiger partial charge < -0.3 is 20.0 Å². The number of halogens is 3. The van der Waals surface area contributed by atoms with Crippen LogP contribution in [0.5, 0.6) is 0 Å². The molecule has 144 valence electrons. The van der Waals surface area contributed by atoms with Crippen molar-refractivity contribution in [3.05, 3.63) is 12.4 Å². The van der Waals surface area contributed by atoms with Crippen LogP contribution < -0.4 is 9.80 Å². The van der Waals surface area contributed by atoms with Crippen LogP contribution in [-0.4, -0.2) is 64.6 Å². The Balaban J connectivity index is 1.84. The van der Waals surface area contributed by atoms with Gasteiger partial charge in [0.1, 0.15) is 18.0 Å². The standard InChI is InChI=1S/C16H21F3N4O3/c17-16(18,19)15(14(25)26)4-6-22(9-15)12-7-13(21-10-20-12)23-5-2-1-3-11(23)8-24/h7,10-11,24H,1-6,8-9H2,(H,25,26). The van der Waals surface area contributed by atoms with Gasteiger partial charge >= 0.3 is 12.1 Å². The van der Waals surface area contributed by atoms with Crippen LogP contribution in [0.4, 0.5) is 24.8 Å². The highest BCUT2D eigenvalue weighted by atomic mass is 19.4. The minimum atomic E-state index is -4.84. The van der Waals surface area contributed by atoms with Crippen molar-refractivity contribution in [1.82, 2.24) is 9.97 Å². The molecule has 2 aliphatic heterocycles. The molecule has 2 N–H and O–H groups in total. The predicted molar refractivity (Wildman–Crippen MR) is 87.1 cm³/mol. The van der Waals surface area contributed by atoms with Crippen molar-refractivity contribution < 1.29 is 28.2 Å². The van der Waals surface area contributed by atoms with Crippen LogP contribution in [0.15, 0.2) is 12.4 Å². The van der Waals surface area contributed by atoms with Crippen molar-refractivity contribution in [1.29, 1.82) is 0 Å². The van der Waals surface area contributed by atoms with Crippen LogP contribution in [0.1, 0.15) is 25.7 Å². The number of nitrogens with zero attached hydrogens (tertiary/aromatic N) is 4. The molecular formula is C16H21F3N4O3. The molecule has 2 aliphatic rings. The average molecular weight is 374 g/mol. The number of hydrogen-bond acceptors (Lipinski definition) is 6. The lowest BCUT2D eigenvalue weighted by molar-refractivity contribution is -0.225. The number of anilines is 2. The van der Waals surface area contributed by atoms with E-state index in [0.29, 0.717) is 12.4 Å². The second kappa shape index (κ2) is 6.90. The number of aliphatic carboxylic acids is 1. The quantitative estimate of drug-likeness (QED) is 0.829. The van der Waals surface area contributed by atoms with Crippen molar-refractivity contribution in [2.24, 2.45) is 5.41 Å². The van der Waals surface area contributed by atoms with E-state index in [4.69, 9.17) is 0 Å². The number of piperidine rings is 1. The number of carboxylic acid groups (broad SMARTS) is 1. The number of carbonyl (C=O) groups is 1. The molecule has 26 heavy (non-hydrogen) atoms. The molecule has 2 fully saturated rings. The number of aromatic nitrogens is 2. The van der Waals surface area contributed by atoms with Gasteiger partial charge in [0.05, 0.1) is 12.6 Å². The number of hydrogen-bond donors (Lipinski definition) is 2. The SMILES string of the molecule is O=C(O)C1(C(F)(F)F)CCN(c2cc(N3CCCCC3CO)ncn2)C1. The molecule has 0 radical (unpaired) electrons. The van der Waals surface area contributed by atoms with Crippen molar-refractivity contribution in [2.75, 3.05) is 36.0 Å². The van der Waals surface area contributed by atoms with Gasteiger partial charge in [-0.15, -0.1) is 0 Å². The first-order valence-electron chi connectivity index (χ1n) is 8.53. The summed E-state index contributed by atoms with van der Waals surface area (Å²) in [5, 5.41) is 18.7. The smallest absolute Gasteiger partial charge is 0.406 e. The maximum Gasteiger partial charge on any atom is 0.406 e. The Bertz CT molecular complexity index is 672. The molecule has 0 aromatic carbocycles. The highest BCUT2D eigenvalue weighted by molar-refractivity contribution is 5.78. The molecule has 0 bridgehead atoms. The maximum absolute atomic E-state index is 13.3. The third kappa shape index (κ3) is 3.17. The molecule has 10 heteroatoms. The molecule has 3 heterocycles. The summed E-state index contributed by atoms with van der Waals surface area (Å²) >= 11 is 0. The minimum absolute atomic E-state index is 0.0285. The highest BCUT2D eigenvalue weighted by Crippen LogP contribution is 2.46. The lowest BCUT2D eigenvalue weighted by atomic mass is 9.86. The van der Waals surface area contributed by atoms with Gasteiger partial charge in [-0.2, -0.15) is 13.2 Å². The maximum atomic E-state index is 13.3. The third-order valence-corrected chi connectivity index (χ3v) is 5.32. The molecule has 2 atom stereocenters. The van der Waals surface area contributed by atoms with Gasteiger partial charge in [-0.25, -0.2) is 9.97 Å². The fourth-order valence-electron chi connectivity index (χ4n) is 3.69. The van der Waals surface area contributed by atoms with Crippen molar-refractivity contribution in [2.45, 2.75) is 37.9 Å². The zero-order valence-electron chi connectivity index (χ0n) is 14.1. The van der Waals surface area contributed by atoms with E-state index in [-0.39, 0.29) is 25.0 Å². The van der Waals surface area contributed by atoms with Gasteiger partial charge in [0.2, 0.25) is 0 Å². The van der Waals surface area contributed by atoms with Crippen LogP contribution in [-0.2, 0) is 4.79 Å².